The van der Waals surface area contributed by atoms with Crippen LogP contribution in [-0.2, 0) is 0 Å². The summed E-state index contributed by atoms with van der Waals surface area (Å²) < 4.78 is 7.39. The average molecular weight is 393 g/mol. The molecule has 0 N–H and O–H groups in total. The van der Waals surface area contributed by atoms with E-state index < -0.39 is 4.92 Å². The van der Waals surface area contributed by atoms with Gasteiger partial charge in [0.15, 0.2) is 5.65 Å². The van der Waals surface area contributed by atoms with Crippen LogP contribution in [0.4, 0.5) is 5.69 Å². The van der Waals surface area contributed by atoms with Crippen LogP contribution in [-0.4, -0.2) is 37.0 Å². The van der Waals surface area contributed by atoms with Crippen LogP contribution in [0, 0.1) is 10.1 Å². The molecule has 0 unspecified atom stereocenters. The van der Waals surface area contributed by atoms with Crippen molar-refractivity contribution in [2.45, 2.75) is 5.03 Å². The summed E-state index contributed by atoms with van der Waals surface area (Å²) in [4.78, 5) is 19.1. The van der Waals surface area contributed by atoms with Gasteiger partial charge in [-0.2, -0.15) is 5.10 Å². The highest BCUT2D eigenvalue weighted by molar-refractivity contribution is 7.99. The summed E-state index contributed by atoms with van der Waals surface area (Å²) in [6, 6.07) is 15.9. The summed E-state index contributed by atoms with van der Waals surface area (Å²) in [6.45, 7) is 0.393. The number of ether oxygens (including phenoxy) is 1. The minimum Gasteiger partial charge on any atom is -0.492 e. The molecule has 0 radical (unpaired) electrons. The number of nitro benzene ring substituents is 1. The highest BCUT2D eigenvalue weighted by atomic mass is 32.2. The Hall–Kier alpha value is -3.46. The SMILES string of the molecule is O=[N+]([O-])c1cccc(OCCSc2ncnc3c2cnn3-c2ccccc2)c1. The van der Waals surface area contributed by atoms with Crippen LogP contribution in [0.1, 0.15) is 0 Å². The maximum Gasteiger partial charge on any atom is 0.273 e. The molecule has 0 aliphatic heterocycles. The third kappa shape index (κ3) is 3.79. The van der Waals surface area contributed by atoms with Gasteiger partial charge in [0.05, 0.1) is 34.9 Å². The zero-order chi connectivity index (χ0) is 19.3. The molecule has 0 spiro atoms. The Labute approximate surface area is 164 Å². The van der Waals surface area contributed by atoms with Gasteiger partial charge in [-0.1, -0.05) is 24.3 Å². The Kier molecular flexibility index (Phi) is 5.16. The number of nitro groups is 1. The van der Waals surface area contributed by atoms with Gasteiger partial charge in [-0.3, -0.25) is 10.1 Å². The fourth-order valence-electron chi connectivity index (χ4n) is 2.68. The number of rotatable bonds is 7. The van der Waals surface area contributed by atoms with E-state index in [1.54, 1.807) is 23.0 Å². The lowest BCUT2D eigenvalue weighted by Crippen LogP contribution is -2.01. The second kappa shape index (κ2) is 8.05. The van der Waals surface area contributed by atoms with E-state index in [0.717, 1.165) is 21.7 Å². The molecular formula is C19H15N5O3S. The summed E-state index contributed by atoms with van der Waals surface area (Å²) in [6.07, 6.45) is 3.28. The smallest absolute Gasteiger partial charge is 0.273 e. The minimum atomic E-state index is -0.441. The fourth-order valence-corrected chi connectivity index (χ4v) is 3.46. The van der Waals surface area contributed by atoms with E-state index in [2.05, 4.69) is 15.1 Å². The molecule has 0 saturated carbocycles. The molecule has 2 aromatic carbocycles. The number of thioether (sulfide) groups is 1. The largest absolute Gasteiger partial charge is 0.492 e. The first-order chi connectivity index (χ1) is 13.7. The van der Waals surface area contributed by atoms with Gasteiger partial charge in [0, 0.05) is 11.8 Å². The molecule has 28 heavy (non-hydrogen) atoms. The maximum atomic E-state index is 10.8. The third-order valence-electron chi connectivity index (χ3n) is 3.95. The molecule has 0 saturated heterocycles. The zero-order valence-corrected chi connectivity index (χ0v) is 15.5. The lowest BCUT2D eigenvalue weighted by molar-refractivity contribution is -0.384. The molecule has 4 rings (SSSR count). The molecule has 2 heterocycles. The van der Waals surface area contributed by atoms with Gasteiger partial charge in [0.2, 0.25) is 0 Å². The molecule has 8 nitrogen and oxygen atoms in total. The second-order valence-corrected chi connectivity index (χ2v) is 6.84. The first-order valence-electron chi connectivity index (χ1n) is 8.46. The Morgan fingerprint density at radius 2 is 1.96 bits per heavy atom. The van der Waals surface area contributed by atoms with E-state index in [1.165, 1.54) is 30.2 Å². The number of aromatic nitrogens is 4. The molecule has 140 valence electrons. The molecule has 9 heteroatoms. The normalized spacial score (nSPS) is 10.9. The number of para-hydroxylation sites is 1. The summed E-state index contributed by atoms with van der Waals surface area (Å²) in [5.74, 6) is 1.10. The number of hydrogen-bond donors (Lipinski definition) is 0. The van der Waals surface area contributed by atoms with Crippen molar-refractivity contribution < 1.29 is 9.66 Å². The van der Waals surface area contributed by atoms with E-state index in [1.807, 2.05) is 30.3 Å². The van der Waals surface area contributed by atoms with Gasteiger partial charge in [-0.25, -0.2) is 14.6 Å². The summed E-state index contributed by atoms with van der Waals surface area (Å²) in [7, 11) is 0. The van der Waals surface area contributed by atoms with Gasteiger partial charge in [0.1, 0.15) is 17.1 Å². The van der Waals surface area contributed by atoms with Crippen molar-refractivity contribution in [3.63, 3.8) is 0 Å². The third-order valence-corrected chi connectivity index (χ3v) is 4.92. The van der Waals surface area contributed by atoms with Crippen molar-refractivity contribution in [1.29, 1.82) is 0 Å². The van der Waals surface area contributed by atoms with Crippen molar-refractivity contribution in [3.8, 4) is 11.4 Å². The summed E-state index contributed by atoms with van der Waals surface area (Å²) in [5, 5.41) is 16.9. The van der Waals surface area contributed by atoms with Gasteiger partial charge in [-0.05, 0) is 18.2 Å². The number of hydrogen-bond acceptors (Lipinski definition) is 7. The molecule has 0 aliphatic rings. The van der Waals surface area contributed by atoms with Crippen molar-refractivity contribution in [2.24, 2.45) is 0 Å². The molecule has 4 aromatic rings. The van der Waals surface area contributed by atoms with Gasteiger partial charge >= 0.3 is 0 Å². The van der Waals surface area contributed by atoms with Crippen molar-refractivity contribution in [1.82, 2.24) is 19.7 Å². The Morgan fingerprint density at radius 3 is 2.79 bits per heavy atom. The van der Waals surface area contributed by atoms with E-state index in [9.17, 15) is 10.1 Å². The van der Waals surface area contributed by atoms with Crippen LogP contribution in [0.2, 0.25) is 0 Å². The van der Waals surface area contributed by atoms with Crippen LogP contribution >= 0.6 is 11.8 Å². The molecule has 0 bridgehead atoms. The van der Waals surface area contributed by atoms with E-state index in [0.29, 0.717) is 18.1 Å². The summed E-state index contributed by atoms with van der Waals surface area (Å²) in [5.41, 5.74) is 1.68. The standard InChI is InChI=1S/C19H15N5O3S/c25-24(26)15-7-4-8-16(11-15)27-9-10-28-19-17-12-22-23(18(17)20-13-21-19)14-5-2-1-3-6-14/h1-8,11-13H,9-10H2. The van der Waals surface area contributed by atoms with Gasteiger partial charge in [-0.15, -0.1) is 11.8 Å². The minimum absolute atomic E-state index is 0.0102. The first-order valence-corrected chi connectivity index (χ1v) is 9.45. The van der Waals surface area contributed by atoms with Gasteiger partial charge in [0.25, 0.3) is 5.69 Å². The lowest BCUT2D eigenvalue weighted by atomic mass is 10.3. The number of nitrogens with zero attached hydrogens (tertiary/aromatic N) is 5. The van der Waals surface area contributed by atoms with Crippen molar-refractivity contribution >= 4 is 28.5 Å². The quantitative estimate of drug-likeness (QED) is 0.154. The average Bonchev–Trinajstić information content (AvgIpc) is 3.17. The van der Waals surface area contributed by atoms with E-state index in [4.69, 9.17) is 4.74 Å². The number of fused-ring (bicyclic) bond motifs is 1. The second-order valence-electron chi connectivity index (χ2n) is 5.76. The molecule has 0 atom stereocenters. The number of non-ortho nitro benzene ring substituents is 1. The summed E-state index contributed by atoms with van der Waals surface area (Å²) >= 11 is 1.52. The molecule has 2 aromatic heterocycles. The molecular weight excluding hydrogens is 378 g/mol. The highest BCUT2D eigenvalue weighted by Crippen LogP contribution is 2.26. The molecule has 0 aliphatic carbocycles. The van der Waals surface area contributed by atoms with Crippen LogP contribution in [0.15, 0.2) is 72.1 Å². The zero-order valence-electron chi connectivity index (χ0n) is 14.6. The Balaban J connectivity index is 1.44. The predicted octanol–water partition coefficient (Wildman–Crippen LogP) is 3.89. The van der Waals surface area contributed by atoms with E-state index in [-0.39, 0.29) is 5.69 Å². The van der Waals surface area contributed by atoms with E-state index >= 15 is 0 Å². The van der Waals surface area contributed by atoms with Crippen LogP contribution < -0.4 is 4.74 Å². The molecule has 0 amide bonds. The van der Waals surface area contributed by atoms with Crippen LogP contribution in [0.3, 0.4) is 0 Å². The Morgan fingerprint density at radius 1 is 1.11 bits per heavy atom. The number of benzene rings is 2. The first kappa shape index (κ1) is 17.9. The lowest BCUT2D eigenvalue weighted by Gasteiger charge is -2.06. The maximum absolute atomic E-state index is 10.8. The van der Waals surface area contributed by atoms with Crippen LogP contribution in [0.25, 0.3) is 16.7 Å². The van der Waals surface area contributed by atoms with Gasteiger partial charge < -0.3 is 4.74 Å². The van der Waals surface area contributed by atoms with Crippen LogP contribution in [0.5, 0.6) is 5.75 Å². The monoisotopic (exact) mass is 393 g/mol. The Bertz CT molecular complexity index is 1120. The fraction of sp³-hybridized carbons (Fsp3) is 0.105. The predicted molar refractivity (Wildman–Crippen MR) is 106 cm³/mol. The van der Waals surface area contributed by atoms with Crippen molar-refractivity contribution in [2.75, 3.05) is 12.4 Å². The molecule has 0 fully saturated rings. The van der Waals surface area contributed by atoms with Crippen molar-refractivity contribution in [3.05, 3.63) is 77.2 Å². The topological polar surface area (TPSA) is 96.0 Å². The highest BCUT2D eigenvalue weighted by Gasteiger charge is 2.11.